The summed E-state index contributed by atoms with van der Waals surface area (Å²) in [4.78, 5) is 11.4. The molecule has 2 heteroatoms. The van der Waals surface area contributed by atoms with Crippen molar-refractivity contribution in [2.45, 2.75) is 39.2 Å². The largest absolute Gasteiger partial charge is 0.457 e. The van der Waals surface area contributed by atoms with E-state index < -0.39 is 0 Å². The lowest BCUT2D eigenvalue weighted by Crippen LogP contribution is -2.10. The van der Waals surface area contributed by atoms with Gasteiger partial charge in [0.05, 0.1) is 0 Å². The van der Waals surface area contributed by atoms with Crippen molar-refractivity contribution in [1.29, 1.82) is 0 Å². The topological polar surface area (TPSA) is 26.3 Å². The van der Waals surface area contributed by atoms with Crippen LogP contribution in [-0.4, -0.2) is 5.97 Å². The molecule has 0 N–H and O–H groups in total. The summed E-state index contributed by atoms with van der Waals surface area (Å²) in [6, 6.07) is 9.88. The fourth-order valence-corrected chi connectivity index (χ4v) is 1.48. The van der Waals surface area contributed by atoms with E-state index in [0.29, 0.717) is 6.42 Å². The van der Waals surface area contributed by atoms with Crippen LogP contribution in [0.5, 0.6) is 0 Å². The van der Waals surface area contributed by atoms with Gasteiger partial charge in [-0.05, 0) is 18.4 Å². The minimum Gasteiger partial charge on any atom is -0.457 e. The second-order valence-corrected chi connectivity index (χ2v) is 3.55. The highest BCUT2D eigenvalue weighted by atomic mass is 16.5. The van der Waals surface area contributed by atoms with E-state index in [1.165, 1.54) is 0 Å². The predicted octanol–water partition coefficient (Wildman–Crippen LogP) is 3.48. The van der Waals surface area contributed by atoms with E-state index >= 15 is 0 Å². The standard InChI is InChI=1S/C13H18O2/c1-3-8-13(14)15-12(4-2)11-9-6-5-7-10-11/h5-7,9-10,12H,3-4,8H2,1-2H3/t12-/m0/s1. The van der Waals surface area contributed by atoms with E-state index in [9.17, 15) is 4.79 Å². The molecule has 0 aliphatic heterocycles. The highest BCUT2D eigenvalue weighted by Gasteiger charge is 2.13. The molecule has 0 aliphatic rings. The molecule has 0 amide bonds. The number of ether oxygens (including phenoxy) is 1. The Labute approximate surface area is 91.3 Å². The lowest BCUT2D eigenvalue weighted by molar-refractivity contribution is -0.149. The fraction of sp³-hybridized carbons (Fsp3) is 0.462. The summed E-state index contributed by atoms with van der Waals surface area (Å²) in [6.45, 7) is 4.00. The molecule has 0 saturated carbocycles. The number of rotatable bonds is 5. The van der Waals surface area contributed by atoms with Crippen molar-refractivity contribution in [1.82, 2.24) is 0 Å². The molecular weight excluding hydrogens is 188 g/mol. The molecule has 0 spiro atoms. The molecular formula is C13H18O2. The molecule has 0 bridgehead atoms. The maximum absolute atomic E-state index is 11.4. The first-order valence-electron chi connectivity index (χ1n) is 5.52. The van der Waals surface area contributed by atoms with Gasteiger partial charge in [0.2, 0.25) is 0 Å². The van der Waals surface area contributed by atoms with Gasteiger partial charge in [-0.2, -0.15) is 0 Å². The second kappa shape index (κ2) is 6.23. The molecule has 82 valence electrons. The van der Waals surface area contributed by atoms with Gasteiger partial charge in [-0.1, -0.05) is 44.2 Å². The Balaban J connectivity index is 2.61. The van der Waals surface area contributed by atoms with Crippen molar-refractivity contribution >= 4 is 5.97 Å². The zero-order chi connectivity index (χ0) is 11.1. The molecule has 15 heavy (non-hydrogen) atoms. The Bertz CT molecular complexity index is 293. The lowest BCUT2D eigenvalue weighted by Gasteiger charge is -2.16. The van der Waals surface area contributed by atoms with Gasteiger partial charge in [0.1, 0.15) is 6.10 Å². The molecule has 1 aromatic carbocycles. The van der Waals surface area contributed by atoms with Gasteiger partial charge in [-0.15, -0.1) is 0 Å². The summed E-state index contributed by atoms with van der Waals surface area (Å²) < 4.78 is 5.39. The third-order valence-corrected chi connectivity index (χ3v) is 2.27. The lowest BCUT2D eigenvalue weighted by atomic mass is 10.1. The molecule has 0 saturated heterocycles. The molecule has 0 heterocycles. The van der Waals surface area contributed by atoms with Gasteiger partial charge >= 0.3 is 5.97 Å². The van der Waals surface area contributed by atoms with Gasteiger partial charge < -0.3 is 4.74 Å². The zero-order valence-electron chi connectivity index (χ0n) is 9.40. The van der Waals surface area contributed by atoms with E-state index in [4.69, 9.17) is 4.74 Å². The summed E-state index contributed by atoms with van der Waals surface area (Å²) >= 11 is 0. The number of esters is 1. The first-order valence-corrected chi connectivity index (χ1v) is 5.52. The van der Waals surface area contributed by atoms with Crippen molar-refractivity contribution < 1.29 is 9.53 Å². The number of carbonyl (C=O) groups is 1. The maximum atomic E-state index is 11.4. The Kier molecular flexibility index (Phi) is 4.88. The van der Waals surface area contributed by atoms with E-state index in [-0.39, 0.29) is 12.1 Å². The van der Waals surface area contributed by atoms with Gasteiger partial charge in [0.15, 0.2) is 0 Å². The molecule has 1 aromatic rings. The SMILES string of the molecule is CCCC(=O)O[C@@H](CC)c1ccccc1. The van der Waals surface area contributed by atoms with Crippen LogP contribution in [0, 0.1) is 0 Å². The van der Waals surface area contributed by atoms with Crippen LogP contribution >= 0.6 is 0 Å². The second-order valence-electron chi connectivity index (χ2n) is 3.55. The zero-order valence-corrected chi connectivity index (χ0v) is 9.40. The number of carbonyl (C=O) groups excluding carboxylic acids is 1. The quantitative estimate of drug-likeness (QED) is 0.689. The molecule has 0 aliphatic carbocycles. The maximum Gasteiger partial charge on any atom is 0.306 e. The van der Waals surface area contributed by atoms with Gasteiger partial charge in [0, 0.05) is 6.42 Å². The summed E-state index contributed by atoms with van der Waals surface area (Å²) in [7, 11) is 0. The minimum atomic E-state index is -0.104. The van der Waals surface area contributed by atoms with Crippen molar-refractivity contribution in [2.24, 2.45) is 0 Å². The molecule has 2 nitrogen and oxygen atoms in total. The third kappa shape index (κ3) is 3.74. The van der Waals surface area contributed by atoms with E-state index in [2.05, 4.69) is 0 Å². The van der Waals surface area contributed by atoms with Crippen LogP contribution < -0.4 is 0 Å². The number of benzene rings is 1. The fourth-order valence-electron chi connectivity index (χ4n) is 1.48. The third-order valence-electron chi connectivity index (χ3n) is 2.27. The molecule has 0 unspecified atom stereocenters. The van der Waals surface area contributed by atoms with E-state index in [1.54, 1.807) is 0 Å². The van der Waals surface area contributed by atoms with Crippen molar-refractivity contribution in [3.8, 4) is 0 Å². The average molecular weight is 206 g/mol. The van der Waals surface area contributed by atoms with Crippen molar-refractivity contribution in [3.05, 3.63) is 35.9 Å². The predicted molar refractivity (Wildman–Crippen MR) is 60.5 cm³/mol. The molecule has 0 radical (unpaired) electrons. The highest BCUT2D eigenvalue weighted by Crippen LogP contribution is 2.21. The van der Waals surface area contributed by atoms with Crippen LogP contribution in [-0.2, 0) is 9.53 Å². The molecule has 0 aromatic heterocycles. The summed E-state index contributed by atoms with van der Waals surface area (Å²) in [6.07, 6.45) is 2.07. The van der Waals surface area contributed by atoms with Crippen molar-refractivity contribution in [3.63, 3.8) is 0 Å². The molecule has 1 rings (SSSR count). The minimum absolute atomic E-state index is 0.0924. The van der Waals surface area contributed by atoms with Crippen LogP contribution in [0.1, 0.15) is 44.8 Å². The monoisotopic (exact) mass is 206 g/mol. The first kappa shape index (κ1) is 11.8. The molecule has 0 fully saturated rings. The van der Waals surface area contributed by atoms with Crippen LogP contribution in [0.4, 0.5) is 0 Å². The van der Waals surface area contributed by atoms with Crippen LogP contribution in [0.2, 0.25) is 0 Å². The summed E-state index contributed by atoms with van der Waals surface area (Å²) in [5, 5.41) is 0. The van der Waals surface area contributed by atoms with Crippen LogP contribution in [0.15, 0.2) is 30.3 Å². The average Bonchev–Trinajstić information content (AvgIpc) is 2.27. The smallest absolute Gasteiger partial charge is 0.306 e. The van der Waals surface area contributed by atoms with Gasteiger partial charge in [-0.25, -0.2) is 0 Å². The normalized spacial score (nSPS) is 12.1. The number of hydrogen-bond acceptors (Lipinski definition) is 2. The Hall–Kier alpha value is -1.31. The van der Waals surface area contributed by atoms with Crippen LogP contribution in [0.3, 0.4) is 0 Å². The van der Waals surface area contributed by atoms with E-state index in [0.717, 1.165) is 18.4 Å². The van der Waals surface area contributed by atoms with Gasteiger partial charge in [-0.3, -0.25) is 4.79 Å². The van der Waals surface area contributed by atoms with Gasteiger partial charge in [0.25, 0.3) is 0 Å². The Morgan fingerprint density at radius 1 is 1.27 bits per heavy atom. The summed E-state index contributed by atoms with van der Waals surface area (Å²) in [5.74, 6) is -0.104. The summed E-state index contributed by atoms with van der Waals surface area (Å²) in [5.41, 5.74) is 1.07. The Morgan fingerprint density at radius 2 is 1.93 bits per heavy atom. The van der Waals surface area contributed by atoms with Crippen LogP contribution in [0.25, 0.3) is 0 Å². The van der Waals surface area contributed by atoms with Crippen molar-refractivity contribution in [2.75, 3.05) is 0 Å². The van der Waals surface area contributed by atoms with E-state index in [1.807, 2.05) is 44.2 Å². The first-order chi connectivity index (χ1) is 7.27. The highest BCUT2D eigenvalue weighted by molar-refractivity contribution is 5.69. The number of hydrogen-bond donors (Lipinski definition) is 0. The molecule has 1 atom stereocenters. The Morgan fingerprint density at radius 3 is 2.47 bits per heavy atom.